The Morgan fingerprint density at radius 2 is 2.24 bits per heavy atom. The first kappa shape index (κ1) is 26.6. The van der Waals surface area contributed by atoms with Gasteiger partial charge in [0.15, 0.2) is 0 Å². The van der Waals surface area contributed by atoms with Crippen LogP contribution in [0.3, 0.4) is 0 Å². The number of aromatic nitrogens is 4. The second-order valence-corrected chi connectivity index (χ2v) is 10.7. The summed E-state index contributed by atoms with van der Waals surface area (Å²) in [7, 11) is 2.92. The molecule has 14 nitrogen and oxygen atoms in total. The molecule has 3 atom stereocenters. The molecule has 0 aliphatic carbocycles. The highest BCUT2D eigenvalue weighted by Gasteiger charge is 2.67. The van der Waals surface area contributed by atoms with Crippen molar-refractivity contribution in [1.82, 2.24) is 41.1 Å². The zero-order chi connectivity index (χ0) is 26.7. The molecule has 2 aliphatic rings. The standard InChI is InChI=1S/C20H22N8O6S3/c1-4-21-18(33)22-12(11-6-5-7-35-11)14(29)23-20(34-3)16(32)28-13(15(30)31)10(8-36-17(20)28)9-37-19-24-25-26-27(19)2/h4-7,12,17H,1,8-9H2,2-3H3,(H,23,29)(H,30,31)(H2,21,22,33)/t12?,17?,20-/m0/s1. The number of carbonyl (C=O) groups is 4. The van der Waals surface area contributed by atoms with E-state index in [0.717, 1.165) is 11.1 Å². The molecule has 4 N–H and O–H groups in total. The highest BCUT2D eigenvalue weighted by Crippen LogP contribution is 2.47. The molecule has 2 unspecified atom stereocenters. The number of rotatable bonds is 10. The number of amides is 4. The Morgan fingerprint density at radius 1 is 1.46 bits per heavy atom. The molecule has 17 heteroatoms. The zero-order valence-corrected chi connectivity index (χ0v) is 22.0. The number of carbonyl (C=O) groups excluding carboxylic acids is 3. The van der Waals surface area contributed by atoms with Gasteiger partial charge >= 0.3 is 12.0 Å². The molecule has 0 bridgehead atoms. The lowest BCUT2D eigenvalue weighted by Crippen LogP contribution is -2.81. The van der Waals surface area contributed by atoms with E-state index in [2.05, 4.69) is 38.1 Å². The van der Waals surface area contributed by atoms with Crippen molar-refractivity contribution in [2.75, 3.05) is 18.6 Å². The number of thiophene rings is 1. The third-order valence-corrected chi connectivity index (χ3v) is 8.91. The van der Waals surface area contributed by atoms with E-state index >= 15 is 0 Å². The Hall–Kier alpha value is -3.41. The molecule has 0 saturated carbocycles. The van der Waals surface area contributed by atoms with Crippen LogP contribution in [-0.4, -0.2) is 83.7 Å². The molecule has 4 amide bonds. The molecule has 196 valence electrons. The molecule has 4 heterocycles. The van der Waals surface area contributed by atoms with E-state index in [1.54, 1.807) is 24.6 Å². The Morgan fingerprint density at radius 3 is 2.84 bits per heavy atom. The predicted molar refractivity (Wildman–Crippen MR) is 134 cm³/mol. The van der Waals surface area contributed by atoms with Crippen LogP contribution < -0.4 is 16.0 Å². The first-order chi connectivity index (χ1) is 17.7. The highest BCUT2D eigenvalue weighted by atomic mass is 32.2. The van der Waals surface area contributed by atoms with Crippen molar-refractivity contribution in [3.63, 3.8) is 0 Å². The number of ether oxygens (including phenoxy) is 1. The maximum atomic E-state index is 13.4. The summed E-state index contributed by atoms with van der Waals surface area (Å²) >= 11 is 3.73. The molecular formula is C20H22N8O6S3. The van der Waals surface area contributed by atoms with Gasteiger partial charge in [-0.05, 0) is 33.6 Å². The Bertz CT molecular complexity index is 1260. The van der Waals surface area contributed by atoms with Crippen LogP contribution in [0.5, 0.6) is 0 Å². The van der Waals surface area contributed by atoms with E-state index in [1.807, 2.05) is 0 Å². The van der Waals surface area contributed by atoms with E-state index in [9.17, 15) is 24.3 Å². The van der Waals surface area contributed by atoms with Gasteiger partial charge in [-0.25, -0.2) is 14.3 Å². The summed E-state index contributed by atoms with van der Waals surface area (Å²) in [4.78, 5) is 52.7. The summed E-state index contributed by atoms with van der Waals surface area (Å²) in [6, 6.07) is 1.57. The number of methoxy groups -OCH3 is 1. The SMILES string of the molecule is C=CNC(=O)NC(C(=O)N[C@]1(OC)C(=O)N2C(C(=O)O)=C(CSc3nnnn3C)CSC21)c1cccs1. The summed E-state index contributed by atoms with van der Waals surface area (Å²) in [5.41, 5.74) is -1.48. The van der Waals surface area contributed by atoms with E-state index in [-0.39, 0.29) is 17.2 Å². The number of nitrogens with zero attached hydrogens (tertiary/aromatic N) is 5. The van der Waals surface area contributed by atoms with Crippen molar-refractivity contribution in [2.45, 2.75) is 22.3 Å². The van der Waals surface area contributed by atoms with Gasteiger partial charge in [0.25, 0.3) is 17.5 Å². The van der Waals surface area contributed by atoms with Gasteiger partial charge in [-0.1, -0.05) is 24.4 Å². The van der Waals surface area contributed by atoms with Crippen LogP contribution in [0.15, 0.2) is 46.7 Å². The molecule has 37 heavy (non-hydrogen) atoms. The maximum Gasteiger partial charge on any atom is 0.352 e. The smallest absolute Gasteiger partial charge is 0.352 e. The number of carboxylic acids is 1. The maximum absolute atomic E-state index is 13.4. The van der Waals surface area contributed by atoms with Gasteiger partial charge in [0, 0.05) is 30.5 Å². The van der Waals surface area contributed by atoms with Gasteiger partial charge in [-0.3, -0.25) is 14.5 Å². The van der Waals surface area contributed by atoms with Crippen LogP contribution >= 0.6 is 34.9 Å². The van der Waals surface area contributed by atoms with E-state index in [4.69, 9.17) is 4.74 Å². The molecule has 0 aromatic carbocycles. The molecule has 4 rings (SSSR count). The number of β-lactam (4-membered cyclic amide) rings is 1. The largest absolute Gasteiger partial charge is 0.477 e. The Kier molecular flexibility index (Phi) is 7.86. The fourth-order valence-corrected chi connectivity index (χ4v) is 6.99. The second kappa shape index (κ2) is 10.9. The monoisotopic (exact) mass is 566 g/mol. The summed E-state index contributed by atoms with van der Waals surface area (Å²) in [6.45, 7) is 3.42. The summed E-state index contributed by atoms with van der Waals surface area (Å²) in [5.74, 6) is -2.20. The number of hydrogen-bond donors (Lipinski definition) is 4. The highest BCUT2D eigenvalue weighted by molar-refractivity contribution is 8.01. The van der Waals surface area contributed by atoms with E-state index in [1.165, 1.54) is 46.7 Å². The van der Waals surface area contributed by atoms with Gasteiger partial charge < -0.3 is 25.8 Å². The van der Waals surface area contributed by atoms with Crippen molar-refractivity contribution < 1.29 is 29.0 Å². The summed E-state index contributed by atoms with van der Waals surface area (Å²) in [5, 5.41) is 30.0. The molecule has 1 saturated heterocycles. The van der Waals surface area contributed by atoms with Crippen LogP contribution in [0.4, 0.5) is 4.79 Å². The van der Waals surface area contributed by atoms with Crippen molar-refractivity contribution in [3.05, 3.63) is 46.4 Å². The normalized spacial score (nSPS) is 21.5. The molecule has 0 radical (unpaired) electrons. The first-order valence-corrected chi connectivity index (χ1v) is 13.5. The second-order valence-electron chi connectivity index (χ2n) is 7.67. The number of aliphatic carboxylic acids is 1. The minimum Gasteiger partial charge on any atom is -0.477 e. The molecule has 2 aliphatic heterocycles. The quantitative estimate of drug-likeness (QED) is 0.176. The Balaban J connectivity index is 1.56. The molecule has 1 fully saturated rings. The van der Waals surface area contributed by atoms with E-state index < -0.39 is 41.0 Å². The molecular weight excluding hydrogens is 544 g/mol. The lowest BCUT2D eigenvalue weighted by atomic mass is 9.97. The third kappa shape index (κ3) is 4.94. The van der Waals surface area contributed by atoms with Crippen molar-refractivity contribution in [2.24, 2.45) is 7.05 Å². The van der Waals surface area contributed by atoms with Crippen LogP contribution in [-0.2, 0) is 26.2 Å². The predicted octanol–water partition coefficient (Wildman–Crippen LogP) is 0.260. The minimum absolute atomic E-state index is 0.170. The Labute approximate surface area is 222 Å². The lowest BCUT2D eigenvalue weighted by molar-refractivity contribution is -0.192. The number of aryl methyl sites for hydroxylation is 1. The topological polar surface area (TPSA) is 181 Å². The van der Waals surface area contributed by atoms with Crippen molar-refractivity contribution in [1.29, 1.82) is 0 Å². The average Bonchev–Trinajstić information content (AvgIpc) is 3.55. The van der Waals surface area contributed by atoms with Gasteiger partial charge in [0.2, 0.25) is 5.16 Å². The number of thioether (sulfide) groups is 2. The van der Waals surface area contributed by atoms with Crippen molar-refractivity contribution in [3.8, 4) is 0 Å². The van der Waals surface area contributed by atoms with Gasteiger partial charge in [0.1, 0.15) is 17.1 Å². The third-order valence-electron chi connectivity index (χ3n) is 5.50. The zero-order valence-electron chi connectivity index (χ0n) is 19.5. The van der Waals surface area contributed by atoms with Gasteiger partial charge in [0.05, 0.1) is 0 Å². The van der Waals surface area contributed by atoms with Crippen LogP contribution in [0.2, 0.25) is 0 Å². The number of hydrogen-bond acceptors (Lipinski definition) is 11. The first-order valence-electron chi connectivity index (χ1n) is 10.6. The molecule has 0 spiro atoms. The van der Waals surface area contributed by atoms with E-state index in [0.29, 0.717) is 15.6 Å². The van der Waals surface area contributed by atoms with Crippen LogP contribution in [0.1, 0.15) is 10.9 Å². The summed E-state index contributed by atoms with van der Waals surface area (Å²) < 4.78 is 6.96. The average molecular weight is 567 g/mol. The van der Waals surface area contributed by atoms with Crippen LogP contribution in [0.25, 0.3) is 0 Å². The lowest BCUT2D eigenvalue weighted by Gasteiger charge is -2.56. The van der Waals surface area contributed by atoms with Gasteiger partial charge in [-0.15, -0.1) is 28.2 Å². The number of fused-ring (bicyclic) bond motifs is 1. The van der Waals surface area contributed by atoms with Crippen LogP contribution in [0, 0.1) is 0 Å². The molecule has 2 aromatic heterocycles. The number of tetrazole rings is 1. The summed E-state index contributed by atoms with van der Waals surface area (Å²) in [6.07, 6.45) is 1.16. The van der Waals surface area contributed by atoms with Gasteiger partial charge in [-0.2, -0.15) is 0 Å². The minimum atomic E-state index is -1.82. The number of carboxylic acid groups (broad SMARTS) is 1. The number of urea groups is 1. The number of nitrogens with one attached hydrogen (secondary N) is 3. The fourth-order valence-electron chi connectivity index (χ4n) is 3.79. The molecule has 2 aromatic rings. The fraction of sp³-hybridized carbons (Fsp3) is 0.350. The van der Waals surface area contributed by atoms with Crippen molar-refractivity contribution >= 4 is 58.7 Å².